The maximum atomic E-state index is 12.9. The number of ether oxygens (including phenoxy) is 2. The molecule has 4 aromatic carbocycles. The summed E-state index contributed by atoms with van der Waals surface area (Å²) in [5.74, 6) is 2.46. The van der Waals surface area contributed by atoms with Crippen LogP contribution >= 0.6 is 0 Å². The van der Waals surface area contributed by atoms with Crippen molar-refractivity contribution in [3.05, 3.63) is 177 Å². The van der Waals surface area contributed by atoms with Crippen molar-refractivity contribution in [2.24, 2.45) is 0 Å². The van der Waals surface area contributed by atoms with Gasteiger partial charge in [-0.15, -0.1) is 0 Å². The minimum absolute atomic E-state index is 0.111. The van der Waals surface area contributed by atoms with Crippen LogP contribution in [0.25, 0.3) is 66.0 Å². The molecule has 6 aromatic heterocycles. The van der Waals surface area contributed by atoms with Crippen LogP contribution < -0.4 is 32.5 Å². The molecule has 17 nitrogen and oxygen atoms in total. The molecule has 0 aliphatic carbocycles. The van der Waals surface area contributed by atoms with E-state index in [1.54, 1.807) is 29.2 Å². The number of nitrogens with zero attached hydrogens (tertiary/aromatic N) is 7. The number of H-pyrrole nitrogens is 1. The molecule has 1 saturated heterocycles. The summed E-state index contributed by atoms with van der Waals surface area (Å²) in [5, 5.41) is 6.26. The second-order valence-corrected chi connectivity index (χ2v) is 16.5. The Hall–Kier alpha value is -8.54. The molecule has 0 bridgehead atoms. The highest BCUT2D eigenvalue weighted by molar-refractivity contribution is 5.98. The molecular weight excluding hydrogens is 877 g/mol. The molecule has 2 atom stereocenters. The molecule has 0 radical (unpaired) electrons. The third-order valence-corrected chi connectivity index (χ3v) is 12.2. The van der Waals surface area contributed by atoms with Gasteiger partial charge in [0.25, 0.3) is 0 Å². The van der Waals surface area contributed by atoms with Gasteiger partial charge in [0.2, 0.25) is 0 Å². The van der Waals surface area contributed by atoms with Gasteiger partial charge in [0.15, 0.2) is 16.9 Å². The van der Waals surface area contributed by atoms with Crippen LogP contribution in [0.3, 0.4) is 0 Å². The van der Waals surface area contributed by atoms with E-state index in [1.165, 1.54) is 18.7 Å². The number of nitrogens with two attached hydrogens (primary N) is 1. The van der Waals surface area contributed by atoms with E-state index < -0.39 is 11.7 Å². The molecule has 346 valence electrons. The van der Waals surface area contributed by atoms with E-state index in [9.17, 15) is 14.4 Å². The van der Waals surface area contributed by atoms with E-state index >= 15 is 0 Å². The summed E-state index contributed by atoms with van der Waals surface area (Å²) in [6, 6.07) is 33.1. The zero-order valence-electron chi connectivity index (χ0n) is 37.7. The largest absolute Gasteiger partial charge is 0.492 e. The second-order valence-electron chi connectivity index (χ2n) is 16.5. The summed E-state index contributed by atoms with van der Waals surface area (Å²) in [4.78, 5) is 64.5. The van der Waals surface area contributed by atoms with Crippen molar-refractivity contribution >= 4 is 55.4 Å². The van der Waals surface area contributed by atoms with Crippen molar-refractivity contribution in [1.29, 1.82) is 0 Å². The molecule has 4 N–H and O–H groups in total. The lowest BCUT2D eigenvalue weighted by Crippen LogP contribution is -2.38. The predicted molar refractivity (Wildman–Crippen MR) is 264 cm³/mol. The van der Waals surface area contributed by atoms with Gasteiger partial charge in [-0.2, -0.15) is 0 Å². The summed E-state index contributed by atoms with van der Waals surface area (Å²) in [5.41, 5.74) is 9.99. The molecule has 11 rings (SSSR count). The van der Waals surface area contributed by atoms with Gasteiger partial charge >= 0.3 is 11.3 Å². The van der Waals surface area contributed by atoms with E-state index in [-0.39, 0.29) is 28.3 Å². The van der Waals surface area contributed by atoms with Gasteiger partial charge in [0, 0.05) is 53.8 Å². The third kappa shape index (κ3) is 8.91. The van der Waals surface area contributed by atoms with Crippen LogP contribution in [0.4, 0.5) is 11.6 Å². The molecule has 10 aromatic rings. The number of nitrogen functional groups attached to an aromatic ring is 1. The Morgan fingerprint density at radius 1 is 0.710 bits per heavy atom. The van der Waals surface area contributed by atoms with Crippen LogP contribution in [0, 0.1) is 0 Å². The van der Waals surface area contributed by atoms with Crippen molar-refractivity contribution < 1.29 is 18.3 Å². The van der Waals surface area contributed by atoms with Gasteiger partial charge in [0.05, 0.1) is 42.4 Å². The number of pyridine rings is 1. The average Bonchev–Trinajstić information content (AvgIpc) is 3.88. The SMILES string of the molecule is CC(Nc1ncnc2nc[nH]c12)c1oc(=O)c2ccccc2c1-c1ccc(OCCN2CCOCC2)cc1.CC(c1oc(=O)c2ccccc2c1-c1ccccc1)n1ccc(=O)c2c(N)ncnc21. The number of rotatable bonds is 11. The summed E-state index contributed by atoms with van der Waals surface area (Å²) >= 11 is 0. The van der Waals surface area contributed by atoms with Gasteiger partial charge in [0.1, 0.15) is 58.9 Å². The van der Waals surface area contributed by atoms with E-state index in [2.05, 4.69) is 40.1 Å². The fraction of sp³-hybridized carbons (Fsp3) is 0.192. The lowest BCUT2D eigenvalue weighted by molar-refractivity contribution is 0.0322. The third-order valence-electron chi connectivity index (χ3n) is 12.2. The number of imidazole rings is 1. The first-order valence-corrected chi connectivity index (χ1v) is 22.5. The maximum absolute atomic E-state index is 12.9. The summed E-state index contributed by atoms with van der Waals surface area (Å²) in [6.45, 7) is 8.71. The molecule has 17 heteroatoms. The van der Waals surface area contributed by atoms with Crippen molar-refractivity contribution in [3.63, 3.8) is 0 Å². The van der Waals surface area contributed by atoms with Crippen LogP contribution in [0.2, 0.25) is 0 Å². The zero-order valence-corrected chi connectivity index (χ0v) is 37.7. The predicted octanol–water partition coefficient (Wildman–Crippen LogP) is 7.77. The highest BCUT2D eigenvalue weighted by atomic mass is 16.5. The quantitative estimate of drug-likeness (QED) is 0.113. The fourth-order valence-corrected chi connectivity index (χ4v) is 8.78. The number of morpholine rings is 1. The number of anilines is 2. The number of hydrogen-bond acceptors (Lipinski definition) is 15. The van der Waals surface area contributed by atoms with Crippen LogP contribution in [0.5, 0.6) is 5.75 Å². The van der Waals surface area contributed by atoms with Gasteiger partial charge in [-0.3, -0.25) is 9.69 Å². The van der Waals surface area contributed by atoms with E-state index in [0.717, 1.165) is 71.6 Å². The molecule has 1 aliphatic rings. The van der Waals surface area contributed by atoms with Crippen LogP contribution in [0.1, 0.15) is 37.5 Å². The number of fused-ring (bicyclic) bond motifs is 4. The monoisotopic (exact) mass is 922 g/mol. The number of benzene rings is 4. The Kier molecular flexibility index (Phi) is 12.4. The Bertz CT molecular complexity index is 3640. The number of hydrogen-bond donors (Lipinski definition) is 3. The van der Waals surface area contributed by atoms with Gasteiger partial charge < -0.3 is 38.9 Å². The van der Waals surface area contributed by atoms with Crippen LogP contribution in [-0.4, -0.2) is 78.8 Å². The molecule has 7 heterocycles. The minimum atomic E-state index is -0.454. The molecule has 0 spiro atoms. The molecule has 2 unspecified atom stereocenters. The van der Waals surface area contributed by atoms with Gasteiger partial charge in [-0.1, -0.05) is 78.9 Å². The van der Waals surface area contributed by atoms with E-state index in [1.807, 2.05) is 105 Å². The molecule has 1 aliphatic heterocycles. The van der Waals surface area contributed by atoms with Gasteiger partial charge in [-0.25, -0.2) is 34.5 Å². The fourth-order valence-electron chi connectivity index (χ4n) is 8.78. The normalized spacial score (nSPS) is 13.8. The lowest BCUT2D eigenvalue weighted by Gasteiger charge is -2.26. The smallest absolute Gasteiger partial charge is 0.343 e. The molecule has 1 fully saturated rings. The van der Waals surface area contributed by atoms with Crippen molar-refractivity contribution in [3.8, 4) is 28.0 Å². The molecule has 0 amide bonds. The Morgan fingerprint density at radius 2 is 1.33 bits per heavy atom. The maximum Gasteiger partial charge on any atom is 0.343 e. The summed E-state index contributed by atoms with van der Waals surface area (Å²) in [7, 11) is 0. The summed E-state index contributed by atoms with van der Waals surface area (Å²) < 4.78 is 25.0. The highest BCUT2D eigenvalue weighted by Crippen LogP contribution is 2.38. The minimum Gasteiger partial charge on any atom is -0.492 e. The molecule has 69 heavy (non-hydrogen) atoms. The first-order valence-electron chi connectivity index (χ1n) is 22.5. The Labute approximate surface area is 393 Å². The second kappa shape index (κ2) is 19.4. The van der Waals surface area contributed by atoms with Crippen molar-refractivity contribution in [2.75, 3.05) is 50.5 Å². The van der Waals surface area contributed by atoms with E-state index in [4.69, 9.17) is 24.0 Å². The Balaban J connectivity index is 0.000000164. The standard InChI is InChI=1S/C28H28N6O4.C24H18N4O3/c1-18(33-27-24-26(30-16-29-24)31-17-32-27)25-23(21-4-2-3-5-22(21)28(35)38-25)19-6-8-20(9-7-19)37-15-12-34-10-13-36-14-11-34;1-14(28-12-11-18(29)20-22(25)26-13-27-23(20)28)21-19(15-7-3-2-4-8-15)16-9-5-6-10-17(16)24(30)31-21/h2-9,16-18H,10-15H2,1H3,(H2,29,30,31,32,33);2-14H,1H3,(H2,25,26,27). The molecular formula is C52H46N10O7. The van der Waals surface area contributed by atoms with E-state index in [0.29, 0.717) is 51.5 Å². The summed E-state index contributed by atoms with van der Waals surface area (Å²) in [6.07, 6.45) is 5.97. The number of aromatic nitrogens is 7. The molecule has 0 saturated carbocycles. The topological polar surface area (TPSA) is 222 Å². The van der Waals surface area contributed by atoms with Gasteiger partial charge in [-0.05, 0) is 49.2 Å². The van der Waals surface area contributed by atoms with Crippen LogP contribution in [0.15, 0.2) is 158 Å². The van der Waals surface area contributed by atoms with Crippen LogP contribution in [-0.2, 0) is 4.74 Å². The lowest BCUT2D eigenvalue weighted by atomic mass is 9.96. The first kappa shape index (κ1) is 44.3. The average molecular weight is 923 g/mol. The van der Waals surface area contributed by atoms with Crippen molar-refractivity contribution in [1.82, 2.24) is 39.4 Å². The van der Waals surface area contributed by atoms with Crippen molar-refractivity contribution in [2.45, 2.75) is 25.9 Å². The number of aromatic amines is 1. The Morgan fingerprint density at radius 3 is 2.04 bits per heavy atom. The first-order chi connectivity index (χ1) is 33.7. The highest BCUT2D eigenvalue weighted by Gasteiger charge is 2.25. The number of nitrogens with one attached hydrogen (secondary N) is 2. The zero-order chi connectivity index (χ0) is 47.4.